The van der Waals surface area contributed by atoms with Gasteiger partial charge in [-0.05, 0) is 49.1 Å². The molecule has 2 saturated heterocycles. The quantitative estimate of drug-likeness (QED) is 0.438. The fraction of sp³-hybridized carbons (Fsp3) is 0.310. The van der Waals surface area contributed by atoms with Gasteiger partial charge in [-0.15, -0.1) is 0 Å². The molecule has 5 rings (SSSR count). The Hall–Kier alpha value is -4.00. The molecule has 2 aliphatic heterocycles. The molecular weight excluding hydrogens is 454 g/mol. The number of ketones is 1. The first-order valence-electron chi connectivity index (χ1n) is 12.3. The third kappa shape index (κ3) is 4.26. The Morgan fingerprint density at radius 1 is 0.944 bits per heavy atom. The number of carbonyl (C=O) groups excluding carboxylic acids is 4. The van der Waals surface area contributed by atoms with E-state index in [9.17, 15) is 19.2 Å². The lowest BCUT2D eigenvalue weighted by Gasteiger charge is -2.32. The number of nitrogens with one attached hydrogen (secondary N) is 1. The van der Waals surface area contributed by atoms with Crippen LogP contribution in [0.15, 0.2) is 66.7 Å². The summed E-state index contributed by atoms with van der Waals surface area (Å²) in [5, 5.41) is 4.79. The zero-order chi connectivity index (χ0) is 25.4. The van der Waals surface area contributed by atoms with Crippen molar-refractivity contribution in [1.29, 1.82) is 0 Å². The predicted octanol–water partition coefficient (Wildman–Crippen LogP) is 4.04. The summed E-state index contributed by atoms with van der Waals surface area (Å²) in [6, 6.07) is 20.4. The SMILES string of the molecule is Cc1ccc(C(=O)C2CCN(C(=O)CN3C(=O)NC(C)(c4ccc5ccccc5c4)C3=O)CC2)cc1. The minimum Gasteiger partial charge on any atom is -0.341 e. The number of amides is 4. The van der Waals surface area contributed by atoms with E-state index in [0.29, 0.717) is 37.1 Å². The second kappa shape index (κ2) is 9.22. The van der Waals surface area contributed by atoms with E-state index < -0.39 is 17.5 Å². The highest BCUT2D eigenvalue weighted by Gasteiger charge is 2.50. The molecule has 7 heteroatoms. The molecule has 0 spiro atoms. The van der Waals surface area contributed by atoms with Gasteiger partial charge in [-0.2, -0.15) is 0 Å². The van der Waals surface area contributed by atoms with Crippen molar-refractivity contribution in [1.82, 2.24) is 15.1 Å². The summed E-state index contributed by atoms with van der Waals surface area (Å²) in [5.41, 5.74) is 1.22. The van der Waals surface area contributed by atoms with Gasteiger partial charge in [0.05, 0.1) is 0 Å². The van der Waals surface area contributed by atoms with Gasteiger partial charge in [-0.25, -0.2) is 4.79 Å². The van der Waals surface area contributed by atoms with Gasteiger partial charge in [0, 0.05) is 24.6 Å². The largest absolute Gasteiger partial charge is 0.341 e. The van der Waals surface area contributed by atoms with Crippen molar-refractivity contribution < 1.29 is 19.2 Å². The number of rotatable bonds is 5. The number of piperidine rings is 1. The average Bonchev–Trinajstić information content (AvgIpc) is 3.12. The van der Waals surface area contributed by atoms with Crippen molar-refractivity contribution in [3.8, 4) is 0 Å². The molecule has 2 aliphatic rings. The van der Waals surface area contributed by atoms with E-state index in [4.69, 9.17) is 0 Å². The fourth-order valence-electron chi connectivity index (χ4n) is 5.12. The molecule has 0 bridgehead atoms. The Balaban J connectivity index is 1.23. The molecule has 0 radical (unpaired) electrons. The monoisotopic (exact) mass is 483 g/mol. The number of urea groups is 1. The highest BCUT2D eigenvalue weighted by Crippen LogP contribution is 2.31. The summed E-state index contributed by atoms with van der Waals surface area (Å²) in [5.74, 6) is -0.768. The second-order valence-electron chi connectivity index (χ2n) is 9.89. The maximum absolute atomic E-state index is 13.3. The molecule has 1 N–H and O–H groups in total. The molecule has 184 valence electrons. The third-order valence-electron chi connectivity index (χ3n) is 7.45. The van der Waals surface area contributed by atoms with E-state index in [1.54, 1.807) is 11.8 Å². The molecule has 1 atom stereocenters. The number of hydrogen-bond donors (Lipinski definition) is 1. The van der Waals surface area contributed by atoms with Crippen molar-refractivity contribution in [2.24, 2.45) is 5.92 Å². The third-order valence-corrected chi connectivity index (χ3v) is 7.45. The maximum Gasteiger partial charge on any atom is 0.325 e. The number of benzene rings is 3. The molecule has 7 nitrogen and oxygen atoms in total. The van der Waals surface area contributed by atoms with Crippen LogP contribution in [0.2, 0.25) is 0 Å². The minimum absolute atomic E-state index is 0.0994. The lowest BCUT2D eigenvalue weighted by molar-refractivity contribution is -0.139. The fourth-order valence-corrected chi connectivity index (χ4v) is 5.12. The van der Waals surface area contributed by atoms with Crippen LogP contribution in [0.5, 0.6) is 0 Å². The molecule has 36 heavy (non-hydrogen) atoms. The number of fused-ring (bicyclic) bond motifs is 1. The van der Waals surface area contributed by atoms with Gasteiger partial charge < -0.3 is 10.2 Å². The topological polar surface area (TPSA) is 86.8 Å². The molecule has 0 aromatic heterocycles. The number of carbonyl (C=O) groups is 4. The first kappa shape index (κ1) is 23.7. The Labute approximate surface area is 210 Å². The Morgan fingerprint density at radius 3 is 2.31 bits per heavy atom. The van der Waals surface area contributed by atoms with Crippen molar-refractivity contribution in [2.45, 2.75) is 32.2 Å². The second-order valence-corrected chi connectivity index (χ2v) is 9.89. The number of likely N-dealkylation sites (tertiary alicyclic amines) is 1. The van der Waals surface area contributed by atoms with Gasteiger partial charge >= 0.3 is 6.03 Å². The van der Waals surface area contributed by atoms with Crippen LogP contribution in [-0.2, 0) is 15.1 Å². The highest BCUT2D eigenvalue weighted by atomic mass is 16.2. The lowest BCUT2D eigenvalue weighted by Crippen LogP contribution is -2.47. The molecular formula is C29H29N3O4. The van der Waals surface area contributed by atoms with Crippen molar-refractivity contribution in [2.75, 3.05) is 19.6 Å². The van der Waals surface area contributed by atoms with Gasteiger partial charge in [0.15, 0.2) is 5.78 Å². The number of nitrogens with zero attached hydrogens (tertiary/aromatic N) is 2. The summed E-state index contributed by atoms with van der Waals surface area (Å²) in [4.78, 5) is 54.6. The van der Waals surface area contributed by atoms with Gasteiger partial charge in [0.25, 0.3) is 5.91 Å². The highest BCUT2D eigenvalue weighted by molar-refractivity contribution is 6.09. The molecule has 0 saturated carbocycles. The maximum atomic E-state index is 13.3. The summed E-state index contributed by atoms with van der Waals surface area (Å²) < 4.78 is 0. The average molecular weight is 484 g/mol. The number of hydrogen-bond acceptors (Lipinski definition) is 4. The summed E-state index contributed by atoms with van der Waals surface area (Å²) in [6.07, 6.45) is 1.13. The predicted molar refractivity (Wildman–Crippen MR) is 136 cm³/mol. The summed E-state index contributed by atoms with van der Waals surface area (Å²) >= 11 is 0. The van der Waals surface area contributed by atoms with Crippen LogP contribution in [0, 0.1) is 12.8 Å². The van der Waals surface area contributed by atoms with Crippen LogP contribution in [-0.4, -0.2) is 53.1 Å². The lowest BCUT2D eigenvalue weighted by atomic mass is 9.88. The van der Waals surface area contributed by atoms with Crippen LogP contribution >= 0.6 is 0 Å². The van der Waals surface area contributed by atoms with E-state index in [1.807, 2.05) is 73.7 Å². The summed E-state index contributed by atoms with van der Waals surface area (Å²) in [6.45, 7) is 4.18. The molecule has 2 fully saturated rings. The Morgan fingerprint density at radius 2 is 1.61 bits per heavy atom. The molecule has 3 aromatic rings. The molecule has 3 aromatic carbocycles. The number of aryl methyl sites for hydroxylation is 1. The van der Waals surface area contributed by atoms with Gasteiger partial charge in [-0.3, -0.25) is 19.3 Å². The normalized spacial score (nSPS) is 20.6. The molecule has 1 unspecified atom stereocenters. The van der Waals surface area contributed by atoms with E-state index in [2.05, 4.69) is 5.32 Å². The van der Waals surface area contributed by atoms with Gasteiger partial charge in [-0.1, -0.05) is 66.2 Å². The smallest absolute Gasteiger partial charge is 0.325 e. The van der Waals surface area contributed by atoms with Crippen LogP contribution in [0.1, 0.15) is 41.3 Å². The Kier molecular flexibility index (Phi) is 6.08. The van der Waals surface area contributed by atoms with Gasteiger partial charge in [0.2, 0.25) is 5.91 Å². The Bertz CT molecular complexity index is 1360. The first-order chi connectivity index (χ1) is 17.3. The number of Topliss-reactive ketones (excluding diaryl/α,β-unsaturated/α-hetero) is 1. The zero-order valence-corrected chi connectivity index (χ0v) is 20.5. The van der Waals surface area contributed by atoms with Crippen molar-refractivity contribution in [3.63, 3.8) is 0 Å². The first-order valence-corrected chi connectivity index (χ1v) is 12.3. The molecule has 0 aliphatic carbocycles. The van der Waals surface area contributed by atoms with Gasteiger partial charge in [0.1, 0.15) is 12.1 Å². The molecule has 4 amide bonds. The van der Waals surface area contributed by atoms with E-state index in [1.165, 1.54) is 0 Å². The van der Waals surface area contributed by atoms with Crippen molar-refractivity contribution >= 4 is 34.4 Å². The van der Waals surface area contributed by atoms with E-state index in [-0.39, 0.29) is 24.2 Å². The van der Waals surface area contributed by atoms with Crippen LogP contribution in [0.4, 0.5) is 4.79 Å². The van der Waals surface area contributed by atoms with Crippen LogP contribution in [0.25, 0.3) is 10.8 Å². The number of imide groups is 1. The zero-order valence-electron chi connectivity index (χ0n) is 20.5. The van der Waals surface area contributed by atoms with Crippen LogP contribution in [0.3, 0.4) is 0 Å². The van der Waals surface area contributed by atoms with E-state index in [0.717, 1.165) is 21.2 Å². The van der Waals surface area contributed by atoms with Crippen LogP contribution < -0.4 is 5.32 Å². The van der Waals surface area contributed by atoms with E-state index >= 15 is 0 Å². The molecule has 2 heterocycles. The minimum atomic E-state index is -1.24. The van der Waals surface area contributed by atoms with Crippen molar-refractivity contribution in [3.05, 3.63) is 83.4 Å². The standard InChI is InChI=1S/C29H29N3O4/c1-19-7-9-21(10-8-19)26(34)22-13-15-31(16-14-22)25(33)18-32-27(35)29(2,30-28(32)36)24-12-11-20-5-3-4-6-23(20)17-24/h3-12,17,22H,13-16,18H2,1-2H3,(H,30,36). The summed E-state index contributed by atoms with van der Waals surface area (Å²) in [7, 11) is 0.